The molecule has 0 aliphatic rings. The second kappa shape index (κ2) is 35.3. The van der Waals surface area contributed by atoms with Gasteiger partial charge in [0.05, 0.1) is 0 Å². The maximum absolute atomic E-state index is 12.6. The summed E-state index contributed by atoms with van der Waals surface area (Å²) in [6.07, 6.45) is 45.1. The number of unbranched alkanes of at least 4 members (excludes halogenated alkanes) is 16. The summed E-state index contributed by atoms with van der Waals surface area (Å²) in [5.41, 5.74) is 5.72. The molecule has 0 rings (SSSR count). The van der Waals surface area contributed by atoms with Crippen molar-refractivity contribution in [1.82, 2.24) is 10.6 Å². The zero-order valence-electron chi connectivity index (χ0n) is 29.0. The van der Waals surface area contributed by atoms with E-state index in [1.54, 1.807) is 0 Å². The van der Waals surface area contributed by atoms with Gasteiger partial charge in [0.15, 0.2) is 0 Å². The maximum atomic E-state index is 12.6. The minimum atomic E-state index is -0.525. The predicted molar refractivity (Wildman–Crippen MR) is 193 cm³/mol. The summed E-state index contributed by atoms with van der Waals surface area (Å²) in [7, 11) is 0. The van der Waals surface area contributed by atoms with E-state index in [0.717, 1.165) is 57.8 Å². The van der Waals surface area contributed by atoms with Gasteiger partial charge in [0.2, 0.25) is 11.8 Å². The van der Waals surface area contributed by atoms with Crippen molar-refractivity contribution in [2.75, 3.05) is 13.1 Å². The van der Waals surface area contributed by atoms with Crippen molar-refractivity contribution in [2.45, 2.75) is 174 Å². The molecule has 0 aliphatic carbocycles. The van der Waals surface area contributed by atoms with E-state index in [1.165, 1.54) is 83.5 Å². The molecule has 254 valence electrons. The molecular weight excluding hydrogens is 542 g/mol. The van der Waals surface area contributed by atoms with E-state index in [9.17, 15) is 9.59 Å². The van der Waals surface area contributed by atoms with Gasteiger partial charge >= 0.3 is 0 Å². The molecule has 0 aromatic carbocycles. The van der Waals surface area contributed by atoms with Crippen LogP contribution in [0.1, 0.15) is 168 Å². The summed E-state index contributed by atoms with van der Waals surface area (Å²) in [6.45, 7) is 5.52. The Labute approximate surface area is 273 Å². The minimum Gasteiger partial charge on any atom is -0.354 e. The van der Waals surface area contributed by atoms with E-state index in [0.29, 0.717) is 25.9 Å². The number of allylic oxidation sites excluding steroid dienone is 8. The van der Waals surface area contributed by atoms with E-state index >= 15 is 0 Å². The van der Waals surface area contributed by atoms with Gasteiger partial charge in [-0.1, -0.05) is 127 Å². The maximum Gasteiger partial charge on any atom is 0.242 e. The summed E-state index contributed by atoms with van der Waals surface area (Å²) < 4.78 is 0. The molecule has 0 radical (unpaired) electrons. The molecule has 0 aromatic heterocycles. The summed E-state index contributed by atoms with van der Waals surface area (Å²) in [5.74, 6) is -0.144. The van der Waals surface area contributed by atoms with Gasteiger partial charge in [-0.15, -0.1) is 0 Å². The molecule has 0 aromatic rings. The third kappa shape index (κ3) is 31.3. The molecule has 5 heteroatoms. The van der Waals surface area contributed by atoms with Crippen molar-refractivity contribution in [3.8, 4) is 0 Å². The molecule has 4 N–H and O–H groups in total. The van der Waals surface area contributed by atoms with Crippen molar-refractivity contribution >= 4 is 11.8 Å². The average molecular weight is 614 g/mol. The van der Waals surface area contributed by atoms with Gasteiger partial charge in [-0.25, -0.2) is 0 Å². The van der Waals surface area contributed by atoms with Gasteiger partial charge < -0.3 is 16.4 Å². The van der Waals surface area contributed by atoms with Crippen LogP contribution in [-0.2, 0) is 9.59 Å². The van der Waals surface area contributed by atoms with Crippen molar-refractivity contribution in [3.63, 3.8) is 0 Å². The zero-order valence-corrected chi connectivity index (χ0v) is 29.0. The van der Waals surface area contributed by atoms with Gasteiger partial charge in [-0.3, -0.25) is 9.59 Å². The lowest BCUT2D eigenvalue weighted by Gasteiger charge is -2.18. The lowest BCUT2D eigenvalue weighted by molar-refractivity contribution is -0.129. The van der Waals surface area contributed by atoms with E-state index in [1.807, 2.05) is 0 Å². The SMILES string of the molecule is CCCCC/C=C\C/C=C\CCCCCCCNC(=O)C(CCN)NC(=O)CCCCCCC/C=C\C/C=C\CCCCC. The highest BCUT2D eigenvalue weighted by atomic mass is 16.2. The van der Waals surface area contributed by atoms with Crippen LogP contribution in [0, 0.1) is 0 Å². The van der Waals surface area contributed by atoms with Crippen LogP contribution >= 0.6 is 0 Å². The normalized spacial score (nSPS) is 12.7. The Morgan fingerprint density at radius 2 is 1.00 bits per heavy atom. The summed E-state index contributed by atoms with van der Waals surface area (Å²) >= 11 is 0. The number of carbonyl (C=O) groups is 2. The van der Waals surface area contributed by atoms with Crippen LogP contribution in [0.5, 0.6) is 0 Å². The zero-order chi connectivity index (χ0) is 32.2. The summed E-state index contributed by atoms with van der Waals surface area (Å²) in [6, 6.07) is -0.525. The van der Waals surface area contributed by atoms with Gasteiger partial charge in [0.1, 0.15) is 6.04 Å². The number of amides is 2. The first kappa shape index (κ1) is 41.9. The molecule has 0 bridgehead atoms. The largest absolute Gasteiger partial charge is 0.354 e. The molecule has 0 heterocycles. The lowest BCUT2D eigenvalue weighted by atomic mass is 10.1. The van der Waals surface area contributed by atoms with Crippen LogP contribution < -0.4 is 16.4 Å². The minimum absolute atomic E-state index is 0.0404. The first-order valence-corrected chi connectivity index (χ1v) is 18.5. The van der Waals surface area contributed by atoms with Crippen molar-refractivity contribution in [1.29, 1.82) is 0 Å². The fraction of sp³-hybridized carbons (Fsp3) is 0.744. The molecular formula is C39H71N3O2. The highest BCUT2D eigenvalue weighted by Gasteiger charge is 2.19. The van der Waals surface area contributed by atoms with Crippen LogP contribution in [0.15, 0.2) is 48.6 Å². The van der Waals surface area contributed by atoms with Crippen LogP contribution in [0.2, 0.25) is 0 Å². The highest BCUT2D eigenvalue weighted by Crippen LogP contribution is 2.09. The quantitative estimate of drug-likeness (QED) is 0.0521. The molecule has 5 nitrogen and oxygen atoms in total. The Balaban J connectivity index is 3.76. The summed E-state index contributed by atoms with van der Waals surface area (Å²) in [4.78, 5) is 25.1. The Bertz CT molecular complexity index is 756. The fourth-order valence-electron chi connectivity index (χ4n) is 5.07. The van der Waals surface area contributed by atoms with Crippen LogP contribution in [0.25, 0.3) is 0 Å². The number of hydrogen-bond donors (Lipinski definition) is 3. The molecule has 0 fully saturated rings. The number of nitrogens with two attached hydrogens (primary N) is 1. The first-order valence-electron chi connectivity index (χ1n) is 18.5. The van der Waals surface area contributed by atoms with Gasteiger partial charge in [-0.2, -0.15) is 0 Å². The van der Waals surface area contributed by atoms with Crippen LogP contribution in [0.4, 0.5) is 0 Å². The van der Waals surface area contributed by atoms with Crippen LogP contribution in [0.3, 0.4) is 0 Å². The molecule has 1 unspecified atom stereocenters. The van der Waals surface area contributed by atoms with Crippen molar-refractivity contribution < 1.29 is 9.59 Å². The smallest absolute Gasteiger partial charge is 0.242 e. The van der Waals surface area contributed by atoms with Crippen molar-refractivity contribution in [2.24, 2.45) is 5.73 Å². The monoisotopic (exact) mass is 614 g/mol. The van der Waals surface area contributed by atoms with E-state index in [4.69, 9.17) is 5.73 Å². The first-order chi connectivity index (χ1) is 21.7. The summed E-state index contributed by atoms with van der Waals surface area (Å²) in [5, 5.41) is 5.92. The molecule has 0 saturated carbocycles. The molecule has 0 spiro atoms. The number of rotatable bonds is 32. The topological polar surface area (TPSA) is 84.2 Å². The fourth-order valence-corrected chi connectivity index (χ4v) is 5.07. The second-order valence-corrected chi connectivity index (χ2v) is 12.2. The Morgan fingerprint density at radius 1 is 0.568 bits per heavy atom. The Hall–Kier alpha value is -2.14. The molecule has 44 heavy (non-hydrogen) atoms. The Morgan fingerprint density at radius 3 is 1.48 bits per heavy atom. The number of hydrogen-bond acceptors (Lipinski definition) is 3. The molecule has 2 amide bonds. The van der Waals surface area contributed by atoms with Gasteiger partial charge in [0, 0.05) is 13.0 Å². The number of carbonyl (C=O) groups excluding carboxylic acids is 2. The van der Waals surface area contributed by atoms with E-state index < -0.39 is 6.04 Å². The highest BCUT2D eigenvalue weighted by molar-refractivity contribution is 5.87. The molecule has 0 saturated heterocycles. The predicted octanol–water partition coefficient (Wildman–Crippen LogP) is 10.2. The lowest BCUT2D eigenvalue weighted by Crippen LogP contribution is -2.47. The third-order valence-electron chi connectivity index (χ3n) is 7.89. The third-order valence-corrected chi connectivity index (χ3v) is 7.89. The van der Waals surface area contributed by atoms with Crippen LogP contribution in [-0.4, -0.2) is 30.9 Å². The Kier molecular flexibility index (Phi) is 33.6. The second-order valence-electron chi connectivity index (χ2n) is 12.2. The van der Waals surface area contributed by atoms with Gasteiger partial charge in [0.25, 0.3) is 0 Å². The average Bonchev–Trinajstić information content (AvgIpc) is 3.02. The molecule has 0 aliphatic heterocycles. The van der Waals surface area contributed by atoms with Gasteiger partial charge in [-0.05, 0) is 90.0 Å². The van der Waals surface area contributed by atoms with Crippen molar-refractivity contribution in [3.05, 3.63) is 48.6 Å². The number of nitrogens with one attached hydrogen (secondary N) is 2. The molecule has 1 atom stereocenters. The van der Waals surface area contributed by atoms with E-state index in [2.05, 4.69) is 73.1 Å². The van der Waals surface area contributed by atoms with E-state index in [-0.39, 0.29) is 11.8 Å². The standard InChI is InChI=1S/C39H71N3O2/c1-3-5-7-9-11-13-15-17-19-21-23-25-27-29-31-33-38(43)42-37(34-35-40)39(44)41-36-32-30-28-26-24-22-20-18-16-14-12-10-8-6-4-2/h11-14,17-20,37H,3-10,15-16,21-36,40H2,1-2H3,(H,41,44)(H,42,43)/b13-11-,14-12-,19-17-,20-18-.